The quantitative estimate of drug-likeness (QED) is 0.114. The van der Waals surface area contributed by atoms with Crippen LogP contribution in [0.15, 0.2) is 232 Å². The summed E-state index contributed by atoms with van der Waals surface area (Å²) in [6.07, 6.45) is 0. The van der Waals surface area contributed by atoms with Crippen LogP contribution in [0.4, 0.5) is 0 Å². The summed E-state index contributed by atoms with van der Waals surface area (Å²) < 4.78 is 25.3. The molecule has 0 atom stereocenters. The summed E-state index contributed by atoms with van der Waals surface area (Å²) in [4.78, 5) is 0. The molecule has 0 spiro atoms. The Morgan fingerprint density at radius 3 is 0.885 bits per heavy atom. The third-order valence-electron chi connectivity index (χ3n) is 10.3. The highest BCUT2D eigenvalue weighted by molar-refractivity contribution is 9.11. The van der Waals surface area contributed by atoms with Crippen molar-refractivity contribution in [2.45, 2.75) is 0 Å². The van der Waals surface area contributed by atoms with Gasteiger partial charge in [0, 0.05) is 46.8 Å². The van der Waals surface area contributed by atoms with Crippen molar-refractivity contribution in [2.75, 3.05) is 0 Å². The Morgan fingerprint density at radius 1 is 0.279 bits per heavy atom. The average molecular weight is 1000 g/mol. The highest BCUT2D eigenvalue weighted by atomic mass is 79.9. The number of halogens is 3. The molecule has 3 nitrogen and oxygen atoms in total. The first kappa shape index (κ1) is 40.7. The monoisotopic (exact) mass is 996 g/mol. The molecule has 61 heavy (non-hydrogen) atoms. The molecule has 0 aliphatic carbocycles. The summed E-state index contributed by atoms with van der Waals surface area (Å²) in [6, 6.07) is 74.6. The van der Waals surface area contributed by atoms with Crippen LogP contribution >= 0.6 is 47.8 Å². The van der Waals surface area contributed by atoms with Crippen molar-refractivity contribution in [3.63, 3.8) is 0 Å². The summed E-state index contributed by atoms with van der Waals surface area (Å²) >= 11 is 8.23. The molecule has 294 valence electrons. The van der Waals surface area contributed by atoms with Crippen molar-refractivity contribution in [3.8, 4) is 84.0 Å². The van der Waals surface area contributed by atoms with Crippen molar-refractivity contribution in [1.82, 2.24) is 0 Å². The maximum absolute atomic E-state index is 7.54. The lowest BCUT2D eigenvalue weighted by Gasteiger charge is -2.26. The lowest BCUT2D eigenvalue weighted by atomic mass is 9.97. The lowest BCUT2D eigenvalue weighted by Crippen LogP contribution is -2.38. The molecule has 0 unspecified atom stereocenters. The van der Waals surface area contributed by atoms with Crippen molar-refractivity contribution >= 4 is 62.9 Å². The van der Waals surface area contributed by atoms with Crippen molar-refractivity contribution < 1.29 is 11.4 Å². The number of rotatable bonds is 12. The van der Waals surface area contributed by atoms with Gasteiger partial charge in [-0.15, -0.1) is 0 Å². The first-order valence-corrected chi connectivity index (χ1v) is 23.6. The van der Waals surface area contributed by atoms with E-state index in [-0.39, 0.29) is 0 Å². The minimum absolute atomic E-state index is 0.655. The van der Waals surface area contributed by atoms with Gasteiger partial charge in [0.2, 0.25) is 0 Å². The summed E-state index contributed by atoms with van der Waals surface area (Å²) in [6.45, 7) is 0. The van der Waals surface area contributed by atoms with E-state index in [0.717, 1.165) is 80.2 Å². The summed E-state index contributed by atoms with van der Waals surface area (Å²) in [5, 5.41) is 0. The Kier molecular flexibility index (Phi) is 12.7. The Morgan fingerprint density at radius 2 is 0.557 bits per heavy atom. The van der Waals surface area contributed by atoms with E-state index in [1.54, 1.807) is 0 Å². The molecule has 0 aliphatic rings. The minimum Gasteiger partial charge on any atom is -0.576 e. The molecule has 0 aromatic heterocycles. The molecule has 0 saturated heterocycles. The summed E-state index contributed by atoms with van der Waals surface area (Å²) in [7, 11) is 0. The van der Waals surface area contributed by atoms with Crippen molar-refractivity contribution in [2.24, 2.45) is 0 Å². The fraction of sp³-hybridized carbons (Fsp3) is 0. The van der Waals surface area contributed by atoms with Gasteiger partial charge in [0.25, 0.3) is 0 Å². The van der Waals surface area contributed by atoms with E-state index in [1.165, 1.54) is 0 Å². The van der Waals surface area contributed by atoms with Crippen molar-refractivity contribution in [3.05, 3.63) is 232 Å². The van der Waals surface area contributed by atoms with E-state index >= 15 is 0 Å². The largest absolute Gasteiger partial charge is 1.20 e. The van der Waals surface area contributed by atoms with Gasteiger partial charge in [-0.2, -0.15) is 0 Å². The van der Waals surface area contributed by atoms with Gasteiger partial charge in [0.1, 0.15) is 17.2 Å². The zero-order valence-corrected chi connectivity index (χ0v) is 38.6. The molecule has 0 fully saturated rings. The van der Waals surface area contributed by atoms with Gasteiger partial charge in [-0.1, -0.05) is 230 Å². The van der Waals surface area contributed by atoms with Crippen LogP contribution < -0.4 is 11.4 Å². The Balaban J connectivity index is 1.32. The van der Waals surface area contributed by atoms with Gasteiger partial charge in [-0.3, -0.25) is 0 Å². The molecule has 0 heterocycles. The molecule has 0 N–H and O–H groups in total. The van der Waals surface area contributed by atoms with Gasteiger partial charge < -0.3 is 11.4 Å². The van der Waals surface area contributed by atoms with Crippen LogP contribution in [-0.2, 0) is 0 Å². The highest BCUT2D eigenvalue weighted by Crippen LogP contribution is 2.48. The number of hydrogen-bond acceptors (Lipinski definition) is 3. The molecule has 0 aliphatic heterocycles. The predicted octanol–water partition coefficient (Wildman–Crippen LogP) is 16.5. The minimum atomic E-state index is -3.43. The highest BCUT2D eigenvalue weighted by Gasteiger charge is 2.48. The van der Waals surface area contributed by atoms with E-state index < -0.39 is 15.1 Å². The molecule has 0 bridgehead atoms. The summed E-state index contributed by atoms with van der Waals surface area (Å²) in [5.41, 5.74) is 11.4. The van der Waals surface area contributed by atoms with Gasteiger partial charge in [-0.05, 0) is 69.8 Å². The zero-order chi connectivity index (χ0) is 41.5. The van der Waals surface area contributed by atoms with Crippen LogP contribution in [0.5, 0.6) is 17.2 Å². The van der Waals surface area contributed by atoms with Crippen LogP contribution in [0.1, 0.15) is 0 Å². The smallest absolute Gasteiger partial charge is 0.576 e. The van der Waals surface area contributed by atoms with Gasteiger partial charge in [-0.25, -0.2) is 0 Å². The molecular formula is C54H36AlBr3O3. The van der Waals surface area contributed by atoms with Crippen LogP contribution in [-0.4, -0.2) is 15.1 Å². The predicted molar refractivity (Wildman–Crippen MR) is 263 cm³/mol. The molecular weight excluding hydrogens is 963 g/mol. The standard InChI is InChI=1S/3C18H13BrO.Al/c2*19-15-11-16(13-7-3-1-4-8-13)18(20)17(12-15)14-9-5-2-6-10-14;19-16-12-11-15(13-7-3-1-4-8-13)18(20)17(16)14-9-5-2-6-10-14;/h3*1-12,20H;/q;;;+3/p-3. The number of benzene rings is 9. The molecule has 7 heteroatoms. The maximum atomic E-state index is 7.54. The summed E-state index contributed by atoms with van der Waals surface area (Å²) in [5.74, 6) is 1.98. The van der Waals surface area contributed by atoms with Crippen LogP contribution in [0.2, 0.25) is 0 Å². The fourth-order valence-corrected chi connectivity index (χ4v) is 10.5. The Bertz CT molecular complexity index is 2640. The SMILES string of the molecule is Brc1cc(-c2ccccc2)c([O][Al]([O]c2c(-c3ccccc3)cc(Br)cc2-c2ccccc2)[O]c2c(-c3ccccc3)ccc(Br)c2-c2ccccc2)c(-c2ccccc2)c1. The van der Waals surface area contributed by atoms with E-state index in [4.69, 9.17) is 11.4 Å². The topological polar surface area (TPSA) is 27.7 Å². The average Bonchev–Trinajstić information content (AvgIpc) is 3.31. The lowest BCUT2D eigenvalue weighted by molar-refractivity contribution is 0.310. The van der Waals surface area contributed by atoms with E-state index in [2.05, 4.69) is 157 Å². The van der Waals surface area contributed by atoms with Gasteiger partial charge in [0.05, 0.1) is 0 Å². The third-order valence-corrected chi connectivity index (χ3v) is 13.2. The van der Waals surface area contributed by atoms with Crippen LogP contribution in [0.3, 0.4) is 0 Å². The Hall–Kier alpha value is -5.65. The van der Waals surface area contributed by atoms with Crippen molar-refractivity contribution in [1.29, 1.82) is 0 Å². The molecule has 9 aromatic carbocycles. The van der Waals surface area contributed by atoms with E-state index in [0.29, 0.717) is 17.2 Å². The van der Waals surface area contributed by atoms with E-state index in [9.17, 15) is 0 Å². The number of hydrogen-bond donors (Lipinski definition) is 0. The zero-order valence-electron chi connectivity index (χ0n) is 32.7. The molecule has 9 aromatic rings. The Labute approximate surface area is 387 Å². The third kappa shape index (κ3) is 9.18. The molecule has 9 rings (SSSR count). The van der Waals surface area contributed by atoms with Crippen LogP contribution in [0.25, 0.3) is 66.8 Å². The first-order valence-electron chi connectivity index (χ1n) is 19.8. The fourth-order valence-electron chi connectivity index (χ4n) is 7.53. The normalized spacial score (nSPS) is 10.9. The second-order valence-corrected chi connectivity index (χ2v) is 18.3. The van der Waals surface area contributed by atoms with Gasteiger partial charge in [0.15, 0.2) is 0 Å². The molecule has 0 radical (unpaired) electrons. The molecule has 0 amide bonds. The maximum Gasteiger partial charge on any atom is 1.20 e. The second kappa shape index (κ2) is 19.0. The van der Waals surface area contributed by atoms with Gasteiger partial charge >= 0.3 is 15.1 Å². The van der Waals surface area contributed by atoms with Crippen LogP contribution in [0, 0.1) is 0 Å². The second-order valence-electron chi connectivity index (χ2n) is 14.3. The van der Waals surface area contributed by atoms with E-state index in [1.807, 2.05) is 109 Å². The molecule has 0 saturated carbocycles. The first-order chi connectivity index (χ1) is 30.0.